The Morgan fingerprint density at radius 1 is 1.04 bits per heavy atom. The van der Waals surface area contributed by atoms with E-state index in [0.717, 1.165) is 16.1 Å². The van der Waals surface area contributed by atoms with Gasteiger partial charge in [0.15, 0.2) is 5.78 Å². The number of carbonyl (C=O) groups is 1. The fourth-order valence-electron chi connectivity index (χ4n) is 3.66. The van der Waals surface area contributed by atoms with Gasteiger partial charge in [-0.1, -0.05) is 54.6 Å². The Bertz CT molecular complexity index is 886. The molecule has 1 aliphatic carbocycles. The average Bonchev–Trinajstić information content (AvgIpc) is 3.27. The molecule has 0 amide bonds. The molecule has 0 aliphatic heterocycles. The normalized spacial score (nSPS) is 21.9. The summed E-state index contributed by atoms with van der Waals surface area (Å²) in [6.45, 7) is 1.66. The molecule has 1 aromatic heterocycles. The third kappa shape index (κ3) is 3.03. The Labute approximate surface area is 151 Å². The fourth-order valence-corrected chi connectivity index (χ4v) is 4.43. The zero-order chi connectivity index (χ0) is 17.4. The summed E-state index contributed by atoms with van der Waals surface area (Å²) in [5, 5.41) is 10.3. The Morgan fingerprint density at radius 2 is 1.68 bits per heavy atom. The first kappa shape index (κ1) is 16.2. The van der Waals surface area contributed by atoms with E-state index in [-0.39, 0.29) is 30.1 Å². The highest BCUT2D eigenvalue weighted by Crippen LogP contribution is 2.60. The van der Waals surface area contributed by atoms with Gasteiger partial charge >= 0.3 is 0 Å². The second-order valence-electron chi connectivity index (χ2n) is 6.51. The second kappa shape index (κ2) is 6.54. The quantitative estimate of drug-likeness (QED) is 0.752. The van der Waals surface area contributed by atoms with Gasteiger partial charge in [0.2, 0.25) is 0 Å². The smallest absolute Gasteiger partial charge is 0.162 e. The van der Waals surface area contributed by atoms with Crippen molar-refractivity contribution in [2.75, 3.05) is 6.61 Å². The Hall–Kier alpha value is -2.30. The maximum absolute atomic E-state index is 12.2. The van der Waals surface area contributed by atoms with Crippen LogP contribution >= 0.6 is 11.3 Å². The molecule has 4 rings (SSSR count). The first-order valence-corrected chi connectivity index (χ1v) is 9.22. The van der Waals surface area contributed by atoms with Crippen LogP contribution in [0.5, 0.6) is 0 Å². The van der Waals surface area contributed by atoms with E-state index in [0.29, 0.717) is 0 Å². The number of benzene rings is 2. The van der Waals surface area contributed by atoms with Crippen LogP contribution in [0.3, 0.4) is 0 Å². The lowest BCUT2D eigenvalue weighted by atomic mass is 10.0. The molecule has 2 aromatic carbocycles. The minimum atomic E-state index is -0.388. The summed E-state index contributed by atoms with van der Waals surface area (Å²) < 4.78 is 0. The fraction of sp³-hybridized carbons (Fsp3) is 0.238. The molecule has 3 atom stereocenters. The SMILES string of the molecule is Cc1cnc(-c2ccc([C@H]3[C@H](C(=O)CO)[C@@H]3c3ccccc3)cc2)s1. The highest BCUT2D eigenvalue weighted by Gasteiger charge is 2.55. The molecule has 1 N–H and O–H groups in total. The molecule has 0 saturated heterocycles. The number of Topliss-reactive ketones (excluding diaryl/α,β-unsaturated/α-hetero) is 1. The first-order chi connectivity index (χ1) is 12.2. The van der Waals surface area contributed by atoms with Crippen LogP contribution in [-0.2, 0) is 4.79 Å². The summed E-state index contributed by atoms with van der Waals surface area (Å²) in [4.78, 5) is 17.8. The molecule has 0 unspecified atom stereocenters. The van der Waals surface area contributed by atoms with Crippen LogP contribution in [0.1, 0.15) is 27.8 Å². The van der Waals surface area contributed by atoms with Crippen LogP contribution in [0.2, 0.25) is 0 Å². The van der Waals surface area contributed by atoms with Crippen LogP contribution < -0.4 is 0 Å². The molecule has 1 aliphatic rings. The zero-order valence-electron chi connectivity index (χ0n) is 13.9. The molecule has 1 heterocycles. The van der Waals surface area contributed by atoms with Gasteiger partial charge < -0.3 is 5.11 Å². The number of rotatable bonds is 5. The van der Waals surface area contributed by atoms with E-state index in [4.69, 9.17) is 0 Å². The highest BCUT2D eigenvalue weighted by molar-refractivity contribution is 7.14. The lowest BCUT2D eigenvalue weighted by Crippen LogP contribution is -2.08. The topological polar surface area (TPSA) is 50.2 Å². The van der Waals surface area contributed by atoms with Crippen molar-refractivity contribution in [3.63, 3.8) is 0 Å². The van der Waals surface area contributed by atoms with E-state index in [9.17, 15) is 9.90 Å². The maximum atomic E-state index is 12.2. The third-order valence-electron chi connectivity index (χ3n) is 4.90. The number of carbonyl (C=O) groups excluding carboxylic acids is 1. The van der Waals surface area contributed by atoms with Crippen molar-refractivity contribution < 1.29 is 9.90 Å². The molecule has 3 aromatic rings. The molecule has 1 fully saturated rings. The molecular weight excluding hydrogens is 330 g/mol. The van der Waals surface area contributed by atoms with E-state index >= 15 is 0 Å². The number of hydrogen-bond donors (Lipinski definition) is 1. The van der Waals surface area contributed by atoms with Crippen molar-refractivity contribution in [1.82, 2.24) is 4.98 Å². The van der Waals surface area contributed by atoms with Gasteiger partial charge in [-0.05, 0) is 18.1 Å². The molecule has 126 valence electrons. The summed E-state index contributed by atoms with van der Waals surface area (Å²) in [6.07, 6.45) is 1.89. The van der Waals surface area contributed by atoms with Gasteiger partial charge in [-0.15, -0.1) is 11.3 Å². The minimum Gasteiger partial charge on any atom is -0.389 e. The van der Waals surface area contributed by atoms with Crippen LogP contribution in [0.15, 0.2) is 60.8 Å². The van der Waals surface area contributed by atoms with Crippen molar-refractivity contribution in [2.24, 2.45) is 5.92 Å². The molecule has 4 heteroatoms. The van der Waals surface area contributed by atoms with Gasteiger partial charge in [-0.3, -0.25) is 4.79 Å². The van der Waals surface area contributed by atoms with Gasteiger partial charge in [-0.2, -0.15) is 0 Å². The number of aryl methyl sites for hydroxylation is 1. The van der Waals surface area contributed by atoms with E-state index < -0.39 is 0 Å². The number of aliphatic hydroxyl groups excluding tert-OH is 1. The molecular formula is C21H19NO2S. The van der Waals surface area contributed by atoms with Crippen molar-refractivity contribution >= 4 is 17.1 Å². The number of ketones is 1. The van der Waals surface area contributed by atoms with E-state index in [1.165, 1.54) is 10.4 Å². The van der Waals surface area contributed by atoms with Crippen molar-refractivity contribution in [3.05, 3.63) is 76.8 Å². The van der Waals surface area contributed by atoms with Gasteiger partial charge in [0.1, 0.15) is 11.6 Å². The summed E-state index contributed by atoms with van der Waals surface area (Å²) >= 11 is 1.68. The van der Waals surface area contributed by atoms with E-state index in [2.05, 4.69) is 48.3 Å². The number of hydrogen-bond acceptors (Lipinski definition) is 4. The molecule has 3 nitrogen and oxygen atoms in total. The summed E-state index contributed by atoms with van der Waals surface area (Å²) in [5.74, 6) is 0.113. The maximum Gasteiger partial charge on any atom is 0.162 e. The summed E-state index contributed by atoms with van der Waals surface area (Å²) in [7, 11) is 0. The van der Waals surface area contributed by atoms with Gasteiger partial charge in [0.25, 0.3) is 0 Å². The lowest BCUT2D eigenvalue weighted by Gasteiger charge is -2.03. The predicted molar refractivity (Wildman–Crippen MR) is 99.8 cm³/mol. The van der Waals surface area contributed by atoms with E-state index in [1.54, 1.807) is 11.3 Å². The second-order valence-corrected chi connectivity index (χ2v) is 7.75. The van der Waals surface area contributed by atoms with Crippen LogP contribution in [-0.4, -0.2) is 22.5 Å². The summed E-state index contributed by atoms with van der Waals surface area (Å²) in [6, 6.07) is 18.5. The monoisotopic (exact) mass is 349 g/mol. The molecule has 0 radical (unpaired) electrons. The van der Waals surface area contributed by atoms with Crippen LogP contribution in [0.25, 0.3) is 10.6 Å². The van der Waals surface area contributed by atoms with Crippen LogP contribution in [0.4, 0.5) is 0 Å². The summed E-state index contributed by atoms with van der Waals surface area (Å²) in [5.41, 5.74) is 3.42. The van der Waals surface area contributed by atoms with Crippen molar-refractivity contribution in [2.45, 2.75) is 18.8 Å². The van der Waals surface area contributed by atoms with Crippen LogP contribution in [0, 0.1) is 12.8 Å². The number of aliphatic hydroxyl groups is 1. The number of nitrogens with zero attached hydrogens (tertiary/aromatic N) is 1. The first-order valence-electron chi connectivity index (χ1n) is 8.40. The standard InChI is InChI=1S/C21H19NO2S/c1-13-11-22-21(25-13)16-9-7-15(8-10-16)19-18(20(19)17(24)12-23)14-5-3-2-4-6-14/h2-11,18-20,23H,12H2,1H3/t18-,19-,20-/m1/s1. The van der Waals surface area contributed by atoms with Gasteiger partial charge in [-0.25, -0.2) is 4.98 Å². The lowest BCUT2D eigenvalue weighted by molar-refractivity contribution is -0.123. The third-order valence-corrected chi connectivity index (χ3v) is 5.86. The largest absolute Gasteiger partial charge is 0.389 e. The average molecular weight is 349 g/mol. The Kier molecular flexibility index (Phi) is 4.24. The molecule has 25 heavy (non-hydrogen) atoms. The number of aromatic nitrogens is 1. The zero-order valence-corrected chi connectivity index (χ0v) is 14.7. The minimum absolute atomic E-state index is 0.0709. The molecule has 1 saturated carbocycles. The van der Waals surface area contributed by atoms with Gasteiger partial charge in [0.05, 0.1) is 0 Å². The number of thiazole rings is 1. The highest BCUT2D eigenvalue weighted by atomic mass is 32.1. The molecule has 0 spiro atoms. The van der Waals surface area contributed by atoms with Crippen molar-refractivity contribution in [1.29, 1.82) is 0 Å². The Balaban J connectivity index is 1.62. The van der Waals surface area contributed by atoms with Gasteiger partial charge in [0, 0.05) is 34.4 Å². The van der Waals surface area contributed by atoms with Crippen molar-refractivity contribution in [3.8, 4) is 10.6 Å². The Morgan fingerprint density at radius 3 is 2.24 bits per heavy atom. The molecule has 0 bridgehead atoms. The van der Waals surface area contributed by atoms with E-state index in [1.807, 2.05) is 24.4 Å². The predicted octanol–water partition coefficient (Wildman–Crippen LogP) is 4.18.